The topological polar surface area (TPSA) is 51.2 Å². The fraction of sp³-hybridized carbons (Fsp3) is 0.333. The number of pyridine rings is 1. The number of carbonyl (C=O) groups is 1. The molecule has 0 saturated carbocycles. The van der Waals surface area contributed by atoms with E-state index in [0.29, 0.717) is 25.3 Å². The van der Waals surface area contributed by atoms with Crippen LogP contribution in [0.15, 0.2) is 18.3 Å². The molecule has 1 aliphatic rings. The first kappa shape index (κ1) is 8.04. The van der Waals surface area contributed by atoms with Gasteiger partial charge in [-0.1, -0.05) is 0 Å². The molecule has 70 valence electrons. The van der Waals surface area contributed by atoms with Crippen LogP contribution >= 0.6 is 0 Å². The van der Waals surface area contributed by atoms with Gasteiger partial charge in [-0.2, -0.15) is 0 Å². The van der Waals surface area contributed by atoms with Gasteiger partial charge in [-0.05, 0) is 12.1 Å². The second-order valence-corrected chi connectivity index (χ2v) is 2.82. The summed E-state index contributed by atoms with van der Waals surface area (Å²) in [6.07, 6.45) is 1.97. The summed E-state index contributed by atoms with van der Waals surface area (Å²) >= 11 is 0. The molecule has 1 aromatic rings. The largest absolute Gasteiger partial charge is 0.490 e. The van der Waals surface area contributed by atoms with Crippen molar-refractivity contribution in [2.24, 2.45) is 0 Å². The van der Waals surface area contributed by atoms with E-state index in [1.165, 1.54) is 0 Å². The van der Waals surface area contributed by atoms with Crippen LogP contribution in [0.3, 0.4) is 0 Å². The van der Waals surface area contributed by atoms with E-state index in [1.54, 1.807) is 12.3 Å². The van der Waals surface area contributed by atoms with E-state index < -0.39 is 0 Å². The van der Waals surface area contributed by atoms with Gasteiger partial charge in [0, 0.05) is 7.62 Å². The summed E-state index contributed by atoms with van der Waals surface area (Å²) in [6, 6.07) is 3.64. The van der Waals surface area contributed by atoms with Gasteiger partial charge in [-0.25, -0.2) is 0 Å². The second-order valence-electron chi connectivity index (χ2n) is 2.82. The Morgan fingerprint density at radius 1 is 1.62 bits per heavy atom. The summed E-state index contributed by atoms with van der Waals surface area (Å²) < 4.78 is 5.40. The van der Waals surface area contributed by atoms with E-state index >= 15 is 0 Å². The maximum absolute atomic E-state index is 11.2. The van der Waals surface area contributed by atoms with Crippen LogP contribution in [0, 0.1) is 0 Å². The molecular formula is C9H12N2O2. The third kappa shape index (κ3) is 1.77. The first-order valence-corrected chi connectivity index (χ1v) is 4.19. The van der Waals surface area contributed by atoms with E-state index in [2.05, 4.69) is 10.3 Å². The smallest absolute Gasteiger partial charge is 0.226 e. The molecule has 13 heavy (non-hydrogen) atoms. The maximum atomic E-state index is 11.2. The summed E-state index contributed by atoms with van der Waals surface area (Å²) in [4.78, 5) is 15.3. The molecule has 4 nitrogen and oxygen atoms in total. The second kappa shape index (κ2) is 3.43. The van der Waals surface area contributed by atoms with Crippen LogP contribution in [0.4, 0.5) is 0 Å². The van der Waals surface area contributed by atoms with E-state index in [1.807, 2.05) is 6.07 Å². The molecule has 0 bridgehead atoms. The number of nitrogens with one attached hydrogen (secondary N) is 1. The molecule has 0 fully saturated rings. The number of amides is 1. The number of rotatable bonds is 0. The van der Waals surface area contributed by atoms with Crippen molar-refractivity contribution >= 4 is 5.91 Å². The number of ether oxygens (including phenoxy) is 1. The predicted octanol–water partition coefficient (Wildman–Crippen LogP) is 0.379. The quantitative estimate of drug-likeness (QED) is 0.628. The summed E-state index contributed by atoms with van der Waals surface area (Å²) in [6.45, 7) is 1.07. The number of aromatic nitrogens is 1. The van der Waals surface area contributed by atoms with Crippen molar-refractivity contribution in [3.05, 3.63) is 24.0 Å². The maximum Gasteiger partial charge on any atom is 0.226 e. The monoisotopic (exact) mass is 180 g/mol. The Morgan fingerprint density at radius 3 is 3.46 bits per heavy atom. The van der Waals surface area contributed by atoms with Crippen LogP contribution in [-0.2, 0) is 11.2 Å². The van der Waals surface area contributed by atoms with Crippen molar-refractivity contribution in [2.45, 2.75) is 6.42 Å². The summed E-state index contributed by atoms with van der Waals surface area (Å²) in [5, 5.41) is 2.72. The van der Waals surface area contributed by atoms with E-state index in [4.69, 9.17) is 4.74 Å². The van der Waals surface area contributed by atoms with E-state index in [9.17, 15) is 4.79 Å². The number of fused-ring (bicyclic) bond motifs is 1. The minimum Gasteiger partial charge on any atom is -0.490 e. The molecule has 1 aromatic heterocycles. The lowest BCUT2D eigenvalue weighted by molar-refractivity contribution is -0.120. The van der Waals surface area contributed by atoms with Crippen LogP contribution in [-0.4, -0.2) is 24.0 Å². The molecule has 0 atom stereocenters. The zero-order valence-corrected chi connectivity index (χ0v) is 7.12. The van der Waals surface area contributed by atoms with Crippen molar-refractivity contribution in [3.8, 4) is 5.75 Å². The van der Waals surface area contributed by atoms with Crippen molar-refractivity contribution in [2.75, 3.05) is 13.2 Å². The van der Waals surface area contributed by atoms with Gasteiger partial charge in [0.1, 0.15) is 12.4 Å². The van der Waals surface area contributed by atoms with E-state index in [0.717, 1.165) is 5.75 Å². The van der Waals surface area contributed by atoms with Crippen LogP contribution in [0.2, 0.25) is 0 Å². The van der Waals surface area contributed by atoms with Gasteiger partial charge in [0.25, 0.3) is 0 Å². The van der Waals surface area contributed by atoms with Crippen molar-refractivity contribution < 1.29 is 11.0 Å². The first-order valence-electron chi connectivity index (χ1n) is 4.19. The molecular weight excluding hydrogens is 168 g/mol. The minimum atomic E-state index is 0. The minimum absolute atomic E-state index is 0. The van der Waals surface area contributed by atoms with E-state index in [-0.39, 0.29) is 7.33 Å². The SMILES string of the molecule is O=C1Cc2ncccc2OCCN1.[HH]. The van der Waals surface area contributed by atoms with Gasteiger partial charge >= 0.3 is 0 Å². The van der Waals surface area contributed by atoms with Crippen molar-refractivity contribution in [1.29, 1.82) is 0 Å². The highest BCUT2D eigenvalue weighted by Gasteiger charge is 2.12. The highest BCUT2D eigenvalue weighted by atomic mass is 16.5. The molecule has 4 heteroatoms. The molecule has 0 unspecified atom stereocenters. The average molecular weight is 180 g/mol. The zero-order valence-electron chi connectivity index (χ0n) is 7.12. The average Bonchev–Trinajstić information content (AvgIpc) is 2.11. The van der Waals surface area contributed by atoms with Gasteiger partial charge in [0.2, 0.25) is 5.91 Å². The predicted molar refractivity (Wildman–Crippen MR) is 48.6 cm³/mol. The fourth-order valence-electron chi connectivity index (χ4n) is 1.25. The fourth-order valence-corrected chi connectivity index (χ4v) is 1.25. The standard InChI is InChI=1S/C9H10N2O2.H2/c12-9-6-7-8(2-1-3-10-7)13-5-4-11-9;/h1-3H,4-6H2,(H,11,12);1H. The highest BCUT2D eigenvalue weighted by molar-refractivity contribution is 5.78. The van der Waals surface area contributed by atoms with Crippen LogP contribution < -0.4 is 10.1 Å². The van der Waals surface area contributed by atoms with Crippen LogP contribution in [0.5, 0.6) is 5.75 Å². The zero-order chi connectivity index (χ0) is 9.10. The van der Waals surface area contributed by atoms with Gasteiger partial charge in [0.15, 0.2) is 0 Å². The Balaban J connectivity index is 0.000000980. The number of hydrogen-bond donors (Lipinski definition) is 1. The molecule has 1 N–H and O–H groups in total. The highest BCUT2D eigenvalue weighted by Crippen LogP contribution is 2.16. The molecule has 0 saturated heterocycles. The van der Waals surface area contributed by atoms with Gasteiger partial charge < -0.3 is 10.1 Å². The molecule has 1 aliphatic heterocycles. The lowest BCUT2D eigenvalue weighted by Gasteiger charge is -2.14. The molecule has 2 heterocycles. The Labute approximate surface area is 77.4 Å². The normalized spacial score (nSPS) is 16.2. The molecule has 0 aromatic carbocycles. The Morgan fingerprint density at radius 2 is 2.54 bits per heavy atom. The molecule has 2 rings (SSSR count). The molecule has 1 amide bonds. The summed E-state index contributed by atoms with van der Waals surface area (Å²) in [5.41, 5.74) is 0.708. The van der Waals surface area contributed by atoms with Crippen LogP contribution in [0.1, 0.15) is 7.12 Å². The number of nitrogens with zero attached hydrogens (tertiary/aromatic N) is 1. The molecule has 0 aliphatic carbocycles. The lowest BCUT2D eigenvalue weighted by Crippen LogP contribution is -2.31. The van der Waals surface area contributed by atoms with Crippen LogP contribution in [0.25, 0.3) is 0 Å². The molecule has 0 radical (unpaired) electrons. The first-order chi connectivity index (χ1) is 6.36. The number of carbonyl (C=O) groups excluding carboxylic acids is 1. The van der Waals surface area contributed by atoms with Gasteiger partial charge in [-0.15, -0.1) is 0 Å². The Kier molecular flexibility index (Phi) is 2.12. The van der Waals surface area contributed by atoms with Gasteiger partial charge in [0.05, 0.1) is 18.7 Å². The summed E-state index contributed by atoms with van der Waals surface area (Å²) in [5.74, 6) is 0.723. The van der Waals surface area contributed by atoms with Crippen molar-refractivity contribution in [1.82, 2.24) is 10.3 Å². The summed E-state index contributed by atoms with van der Waals surface area (Å²) in [7, 11) is 0. The third-order valence-corrected chi connectivity index (χ3v) is 1.86. The third-order valence-electron chi connectivity index (χ3n) is 1.86. The Hall–Kier alpha value is -1.58. The lowest BCUT2D eigenvalue weighted by atomic mass is 10.2. The van der Waals surface area contributed by atoms with Crippen molar-refractivity contribution in [3.63, 3.8) is 0 Å². The van der Waals surface area contributed by atoms with Gasteiger partial charge in [-0.3, -0.25) is 9.78 Å². The Bertz CT molecular complexity index is 330. The number of hydrogen-bond acceptors (Lipinski definition) is 3. The molecule has 0 spiro atoms.